The monoisotopic (exact) mass is 383 g/mol. The standard InChI is InChI=1S/C18H10BrNO4/c19-14-15(21)13-16(24-18(14)23)11-8-4-5-9-12(11)20(17(13)22)10-6-2-1-3-7-10/h1-9,21H. The maximum Gasteiger partial charge on any atom is 0.354 e. The van der Waals surface area contributed by atoms with Gasteiger partial charge >= 0.3 is 5.63 Å². The lowest BCUT2D eigenvalue weighted by molar-refractivity contribution is 0.462. The van der Waals surface area contributed by atoms with Crippen LogP contribution in [-0.4, -0.2) is 9.67 Å². The van der Waals surface area contributed by atoms with Crippen molar-refractivity contribution in [2.45, 2.75) is 0 Å². The van der Waals surface area contributed by atoms with Crippen LogP contribution in [0, 0.1) is 0 Å². The number of halogens is 1. The molecule has 0 aliphatic carbocycles. The van der Waals surface area contributed by atoms with Gasteiger partial charge in [0.05, 0.1) is 5.52 Å². The number of aromatic nitrogens is 1. The Morgan fingerprint density at radius 3 is 2.38 bits per heavy atom. The second-order valence-corrected chi connectivity index (χ2v) is 6.04. The van der Waals surface area contributed by atoms with Gasteiger partial charge in [0.2, 0.25) is 0 Å². The minimum Gasteiger partial charge on any atom is -0.506 e. The molecule has 2 heterocycles. The molecule has 0 unspecified atom stereocenters. The van der Waals surface area contributed by atoms with Crippen molar-refractivity contribution in [3.8, 4) is 11.4 Å². The third-order valence-electron chi connectivity index (χ3n) is 3.87. The zero-order valence-electron chi connectivity index (χ0n) is 12.2. The summed E-state index contributed by atoms with van der Waals surface area (Å²) in [6, 6.07) is 16.2. The van der Waals surface area contributed by atoms with Gasteiger partial charge in [-0.25, -0.2) is 4.79 Å². The molecule has 4 rings (SSSR count). The smallest absolute Gasteiger partial charge is 0.354 e. The highest BCUT2D eigenvalue weighted by Gasteiger charge is 2.20. The third kappa shape index (κ3) is 2.00. The Morgan fingerprint density at radius 1 is 0.958 bits per heavy atom. The Morgan fingerprint density at radius 2 is 1.62 bits per heavy atom. The van der Waals surface area contributed by atoms with Gasteiger partial charge < -0.3 is 9.52 Å². The molecule has 0 spiro atoms. The lowest BCUT2D eigenvalue weighted by atomic mass is 10.1. The number of rotatable bonds is 1. The van der Waals surface area contributed by atoms with Crippen molar-refractivity contribution >= 4 is 37.8 Å². The maximum atomic E-state index is 13.0. The topological polar surface area (TPSA) is 72.4 Å². The summed E-state index contributed by atoms with van der Waals surface area (Å²) in [4.78, 5) is 24.9. The number of nitrogens with zero attached hydrogens (tertiary/aromatic N) is 1. The van der Waals surface area contributed by atoms with Gasteiger partial charge in [-0.05, 0) is 40.2 Å². The summed E-state index contributed by atoms with van der Waals surface area (Å²) in [6.45, 7) is 0. The van der Waals surface area contributed by atoms with E-state index in [0.29, 0.717) is 16.6 Å². The molecule has 0 aliphatic heterocycles. The summed E-state index contributed by atoms with van der Waals surface area (Å²) in [5.74, 6) is -0.415. The molecule has 4 aromatic rings. The molecule has 0 saturated carbocycles. The van der Waals surface area contributed by atoms with Gasteiger partial charge in [-0.3, -0.25) is 9.36 Å². The van der Waals surface area contributed by atoms with E-state index >= 15 is 0 Å². The van der Waals surface area contributed by atoms with E-state index in [2.05, 4.69) is 15.9 Å². The summed E-state index contributed by atoms with van der Waals surface area (Å²) < 4.78 is 6.61. The van der Waals surface area contributed by atoms with Gasteiger partial charge in [0.1, 0.15) is 9.86 Å². The molecule has 0 amide bonds. The lowest BCUT2D eigenvalue weighted by Crippen LogP contribution is -2.20. The first-order valence-electron chi connectivity index (χ1n) is 7.14. The van der Waals surface area contributed by atoms with Gasteiger partial charge in [0.15, 0.2) is 11.3 Å². The van der Waals surface area contributed by atoms with Gasteiger partial charge in [0.25, 0.3) is 5.56 Å². The van der Waals surface area contributed by atoms with E-state index in [1.165, 1.54) is 4.57 Å². The van der Waals surface area contributed by atoms with Crippen LogP contribution >= 0.6 is 15.9 Å². The van der Waals surface area contributed by atoms with Crippen LogP contribution < -0.4 is 11.2 Å². The average molecular weight is 384 g/mol. The minimum absolute atomic E-state index is 0.0379. The van der Waals surface area contributed by atoms with Crippen molar-refractivity contribution in [3.05, 3.63) is 79.8 Å². The van der Waals surface area contributed by atoms with Crippen molar-refractivity contribution in [3.63, 3.8) is 0 Å². The largest absolute Gasteiger partial charge is 0.506 e. The number of aromatic hydroxyl groups is 1. The van der Waals surface area contributed by atoms with Crippen molar-refractivity contribution in [2.75, 3.05) is 0 Å². The molecular weight excluding hydrogens is 374 g/mol. The maximum absolute atomic E-state index is 13.0. The van der Waals surface area contributed by atoms with Crippen LogP contribution in [0.1, 0.15) is 0 Å². The summed E-state index contributed by atoms with van der Waals surface area (Å²) >= 11 is 2.97. The number of fused-ring (bicyclic) bond motifs is 3. The predicted octanol–water partition coefficient (Wildman–Crippen LogP) is 3.57. The number of benzene rings is 2. The first-order chi connectivity index (χ1) is 11.6. The molecule has 2 aromatic heterocycles. The number of hydrogen-bond donors (Lipinski definition) is 1. The Labute approximate surface area is 143 Å². The van der Waals surface area contributed by atoms with E-state index in [9.17, 15) is 14.7 Å². The van der Waals surface area contributed by atoms with Crippen molar-refractivity contribution in [1.82, 2.24) is 4.57 Å². The molecule has 0 radical (unpaired) electrons. The quantitative estimate of drug-likeness (QED) is 0.510. The van der Waals surface area contributed by atoms with E-state index in [1.54, 1.807) is 36.4 Å². The normalized spacial score (nSPS) is 11.2. The second-order valence-electron chi connectivity index (χ2n) is 5.25. The molecule has 0 atom stereocenters. The van der Waals surface area contributed by atoms with Crippen LogP contribution in [0.4, 0.5) is 0 Å². The highest BCUT2D eigenvalue weighted by atomic mass is 79.9. The van der Waals surface area contributed by atoms with Crippen LogP contribution in [0.15, 0.2) is 73.1 Å². The van der Waals surface area contributed by atoms with Gasteiger partial charge in [-0.1, -0.05) is 30.3 Å². The Kier molecular flexibility index (Phi) is 3.28. The van der Waals surface area contributed by atoms with Crippen LogP contribution in [0.25, 0.3) is 27.6 Å². The van der Waals surface area contributed by atoms with E-state index < -0.39 is 16.9 Å². The summed E-state index contributed by atoms with van der Waals surface area (Å²) in [5.41, 5.74) is 0.126. The molecule has 0 fully saturated rings. The number of pyridine rings is 1. The second kappa shape index (κ2) is 5.35. The van der Waals surface area contributed by atoms with E-state index in [-0.39, 0.29) is 15.4 Å². The van der Waals surface area contributed by atoms with Crippen LogP contribution in [0.2, 0.25) is 0 Å². The van der Waals surface area contributed by atoms with E-state index in [1.807, 2.05) is 18.2 Å². The van der Waals surface area contributed by atoms with Gasteiger partial charge in [0, 0.05) is 11.1 Å². The third-order valence-corrected chi connectivity index (χ3v) is 4.57. The summed E-state index contributed by atoms with van der Waals surface area (Å²) in [7, 11) is 0. The van der Waals surface area contributed by atoms with Gasteiger partial charge in [-0.15, -0.1) is 0 Å². The van der Waals surface area contributed by atoms with E-state index in [4.69, 9.17) is 4.42 Å². The van der Waals surface area contributed by atoms with Crippen LogP contribution in [-0.2, 0) is 0 Å². The fourth-order valence-corrected chi connectivity index (χ4v) is 3.08. The highest BCUT2D eigenvalue weighted by molar-refractivity contribution is 9.10. The number of para-hydroxylation sites is 2. The van der Waals surface area contributed by atoms with E-state index in [0.717, 1.165) is 0 Å². The Balaban J connectivity index is 2.35. The molecule has 5 nitrogen and oxygen atoms in total. The van der Waals surface area contributed by atoms with Crippen molar-refractivity contribution < 1.29 is 9.52 Å². The molecule has 6 heteroatoms. The Bertz CT molecular complexity index is 1210. The lowest BCUT2D eigenvalue weighted by Gasteiger charge is -2.13. The zero-order valence-corrected chi connectivity index (χ0v) is 13.8. The van der Waals surface area contributed by atoms with Crippen LogP contribution in [0.5, 0.6) is 5.75 Å². The molecule has 1 N–H and O–H groups in total. The fraction of sp³-hybridized carbons (Fsp3) is 0. The fourth-order valence-electron chi connectivity index (χ4n) is 2.81. The average Bonchev–Trinajstić information content (AvgIpc) is 2.60. The predicted molar refractivity (Wildman–Crippen MR) is 95.0 cm³/mol. The van der Waals surface area contributed by atoms with Crippen molar-refractivity contribution in [1.29, 1.82) is 0 Å². The highest BCUT2D eigenvalue weighted by Crippen LogP contribution is 2.32. The zero-order chi connectivity index (χ0) is 16.8. The van der Waals surface area contributed by atoms with Gasteiger partial charge in [-0.2, -0.15) is 0 Å². The Hall–Kier alpha value is -2.86. The first kappa shape index (κ1) is 14.7. The molecular formula is C18H10BrNO4. The van der Waals surface area contributed by atoms with Crippen molar-refractivity contribution in [2.24, 2.45) is 0 Å². The first-order valence-corrected chi connectivity index (χ1v) is 7.93. The number of hydrogen-bond acceptors (Lipinski definition) is 4. The molecule has 2 aromatic carbocycles. The molecule has 0 aliphatic rings. The summed E-state index contributed by atoms with van der Waals surface area (Å²) in [5, 5.41) is 10.9. The molecule has 24 heavy (non-hydrogen) atoms. The molecule has 0 saturated heterocycles. The molecule has 118 valence electrons. The minimum atomic E-state index is -0.734. The summed E-state index contributed by atoms with van der Waals surface area (Å²) in [6.07, 6.45) is 0. The van der Waals surface area contributed by atoms with Crippen LogP contribution in [0.3, 0.4) is 0 Å². The SMILES string of the molecule is O=c1oc2c(c(O)c1Br)c(=O)n(-c1ccccc1)c1ccccc21. The molecule has 0 bridgehead atoms.